The summed E-state index contributed by atoms with van der Waals surface area (Å²) in [5, 5.41) is 13.7. The topological polar surface area (TPSA) is 54.6 Å². The van der Waals surface area contributed by atoms with Crippen molar-refractivity contribution < 1.29 is 14.3 Å². The van der Waals surface area contributed by atoms with Crippen LogP contribution in [-0.4, -0.2) is 18.8 Å². The molecule has 3 rings (SSSR count). The number of hydrogen-bond donors (Lipinski definition) is 2. The Labute approximate surface area is 124 Å². The highest BCUT2D eigenvalue weighted by molar-refractivity contribution is 5.81. The Bertz CT molecular complexity index is 673. The first kappa shape index (κ1) is 13.6. The van der Waals surface area contributed by atoms with Gasteiger partial charge in [0.05, 0.1) is 18.4 Å². The van der Waals surface area contributed by atoms with Gasteiger partial charge in [0.15, 0.2) is 11.5 Å². The van der Waals surface area contributed by atoms with E-state index in [1.54, 1.807) is 13.3 Å². The van der Waals surface area contributed by atoms with Crippen molar-refractivity contribution in [3.63, 3.8) is 0 Å². The van der Waals surface area contributed by atoms with Crippen LogP contribution in [0.5, 0.6) is 5.75 Å². The maximum atomic E-state index is 10.6. The Kier molecular flexibility index (Phi) is 3.60. The molecule has 0 spiro atoms. The van der Waals surface area contributed by atoms with E-state index in [0.29, 0.717) is 18.3 Å². The van der Waals surface area contributed by atoms with Crippen molar-refractivity contribution >= 4 is 5.88 Å². The summed E-state index contributed by atoms with van der Waals surface area (Å²) in [5.41, 5.74) is 2.81. The standard InChI is InChI=1S/C17H19NO3/c1-11-4-3-5-13(10-11)14-15(19)16(21-17(14)18-2)12-6-8-20-9-7-12/h3-6,8,10,12,18-19H,7,9H2,1-2H3. The van der Waals surface area contributed by atoms with Crippen LogP contribution in [0.2, 0.25) is 0 Å². The molecule has 2 N–H and O–H groups in total. The molecule has 1 atom stereocenters. The fraction of sp³-hybridized carbons (Fsp3) is 0.294. The van der Waals surface area contributed by atoms with E-state index in [4.69, 9.17) is 9.15 Å². The Hall–Kier alpha value is -2.36. The molecule has 1 unspecified atom stereocenters. The lowest BCUT2D eigenvalue weighted by atomic mass is 9.98. The predicted molar refractivity (Wildman–Crippen MR) is 82.5 cm³/mol. The number of anilines is 1. The van der Waals surface area contributed by atoms with Crippen LogP contribution in [0.15, 0.2) is 41.0 Å². The van der Waals surface area contributed by atoms with Crippen molar-refractivity contribution in [3.05, 3.63) is 47.9 Å². The molecule has 1 aliphatic heterocycles. The van der Waals surface area contributed by atoms with Crippen molar-refractivity contribution in [2.45, 2.75) is 19.3 Å². The number of hydrogen-bond acceptors (Lipinski definition) is 4. The van der Waals surface area contributed by atoms with Gasteiger partial charge in [0.25, 0.3) is 0 Å². The van der Waals surface area contributed by atoms with E-state index < -0.39 is 0 Å². The molecule has 4 nitrogen and oxygen atoms in total. The second kappa shape index (κ2) is 5.56. The maximum absolute atomic E-state index is 10.6. The summed E-state index contributed by atoms with van der Waals surface area (Å²) in [6.07, 6.45) is 4.39. The largest absolute Gasteiger partial charge is 0.504 e. The second-order valence-electron chi connectivity index (χ2n) is 5.23. The molecule has 0 radical (unpaired) electrons. The lowest BCUT2D eigenvalue weighted by Gasteiger charge is -2.14. The minimum atomic E-state index is 0.0457. The Morgan fingerprint density at radius 3 is 2.86 bits per heavy atom. The smallest absolute Gasteiger partial charge is 0.204 e. The summed E-state index contributed by atoms with van der Waals surface area (Å²) < 4.78 is 11.1. The average molecular weight is 285 g/mol. The molecular formula is C17H19NO3. The van der Waals surface area contributed by atoms with E-state index in [9.17, 15) is 5.11 Å². The van der Waals surface area contributed by atoms with E-state index in [1.165, 1.54) is 0 Å². The zero-order valence-corrected chi connectivity index (χ0v) is 12.2. The van der Waals surface area contributed by atoms with Crippen LogP contribution in [0.3, 0.4) is 0 Å². The molecule has 0 aliphatic carbocycles. The van der Waals surface area contributed by atoms with Crippen LogP contribution in [0.4, 0.5) is 5.88 Å². The van der Waals surface area contributed by atoms with Crippen LogP contribution < -0.4 is 5.32 Å². The van der Waals surface area contributed by atoms with E-state index >= 15 is 0 Å². The van der Waals surface area contributed by atoms with Crippen LogP contribution in [-0.2, 0) is 4.74 Å². The number of aryl methyl sites for hydroxylation is 1. The van der Waals surface area contributed by atoms with Gasteiger partial charge in [-0.05, 0) is 25.0 Å². The van der Waals surface area contributed by atoms with Crippen molar-refractivity contribution in [3.8, 4) is 16.9 Å². The first-order valence-corrected chi connectivity index (χ1v) is 7.09. The van der Waals surface area contributed by atoms with Gasteiger partial charge >= 0.3 is 0 Å². The minimum absolute atomic E-state index is 0.0457. The van der Waals surface area contributed by atoms with Gasteiger partial charge in [-0.1, -0.05) is 29.8 Å². The number of allylic oxidation sites excluding steroid dienone is 1. The molecule has 0 fully saturated rings. The van der Waals surface area contributed by atoms with Crippen LogP contribution in [0.25, 0.3) is 11.1 Å². The SMILES string of the molecule is CNc1oc(C2C=COCC2)c(O)c1-c1cccc(C)c1. The summed E-state index contributed by atoms with van der Waals surface area (Å²) >= 11 is 0. The molecule has 4 heteroatoms. The van der Waals surface area contributed by atoms with Gasteiger partial charge in [0.1, 0.15) is 0 Å². The van der Waals surface area contributed by atoms with Crippen LogP contribution in [0.1, 0.15) is 23.7 Å². The summed E-state index contributed by atoms with van der Waals surface area (Å²) in [6, 6.07) is 8.02. The fourth-order valence-corrected chi connectivity index (χ4v) is 2.66. The van der Waals surface area contributed by atoms with Crippen molar-refractivity contribution in [1.29, 1.82) is 0 Å². The first-order valence-electron chi connectivity index (χ1n) is 7.09. The molecule has 1 aromatic carbocycles. The lowest BCUT2D eigenvalue weighted by Crippen LogP contribution is -2.04. The van der Waals surface area contributed by atoms with Gasteiger partial charge in [-0.15, -0.1) is 0 Å². The third-order valence-corrected chi connectivity index (χ3v) is 3.73. The molecule has 0 bridgehead atoms. The number of furan rings is 1. The number of ether oxygens (including phenoxy) is 1. The number of benzene rings is 1. The van der Waals surface area contributed by atoms with Gasteiger partial charge in [0, 0.05) is 13.0 Å². The lowest BCUT2D eigenvalue weighted by molar-refractivity contribution is 0.216. The van der Waals surface area contributed by atoms with Crippen LogP contribution >= 0.6 is 0 Å². The van der Waals surface area contributed by atoms with E-state index in [-0.39, 0.29) is 11.7 Å². The Balaban J connectivity index is 2.10. The van der Waals surface area contributed by atoms with E-state index in [2.05, 4.69) is 5.32 Å². The molecule has 1 aromatic heterocycles. The highest BCUT2D eigenvalue weighted by Crippen LogP contribution is 2.45. The summed E-state index contributed by atoms with van der Waals surface area (Å²) in [5.74, 6) is 1.44. The number of rotatable bonds is 3. The predicted octanol–water partition coefficient (Wildman–Crippen LogP) is 4.02. The van der Waals surface area contributed by atoms with Crippen molar-refractivity contribution in [2.75, 3.05) is 19.0 Å². The molecule has 2 heterocycles. The van der Waals surface area contributed by atoms with Gasteiger partial charge in [-0.2, -0.15) is 0 Å². The minimum Gasteiger partial charge on any atom is -0.504 e. The monoisotopic (exact) mass is 285 g/mol. The van der Waals surface area contributed by atoms with E-state index in [1.807, 2.05) is 37.3 Å². The molecule has 0 saturated carbocycles. The van der Waals surface area contributed by atoms with Gasteiger partial charge in [0.2, 0.25) is 5.88 Å². The highest BCUT2D eigenvalue weighted by Gasteiger charge is 2.26. The fourth-order valence-electron chi connectivity index (χ4n) is 2.66. The van der Waals surface area contributed by atoms with E-state index in [0.717, 1.165) is 23.1 Å². The number of aromatic hydroxyl groups is 1. The Morgan fingerprint density at radius 2 is 2.19 bits per heavy atom. The van der Waals surface area contributed by atoms with Crippen LogP contribution in [0, 0.1) is 6.92 Å². The summed E-state index contributed by atoms with van der Waals surface area (Å²) in [4.78, 5) is 0. The third-order valence-electron chi connectivity index (χ3n) is 3.73. The molecule has 110 valence electrons. The quantitative estimate of drug-likeness (QED) is 0.894. The maximum Gasteiger partial charge on any atom is 0.204 e. The van der Waals surface area contributed by atoms with Gasteiger partial charge in [-0.25, -0.2) is 0 Å². The molecule has 0 amide bonds. The van der Waals surface area contributed by atoms with Gasteiger partial charge in [-0.3, -0.25) is 0 Å². The molecule has 21 heavy (non-hydrogen) atoms. The second-order valence-corrected chi connectivity index (χ2v) is 5.23. The third kappa shape index (κ3) is 2.49. The normalized spacial score (nSPS) is 17.5. The summed E-state index contributed by atoms with van der Waals surface area (Å²) in [6.45, 7) is 2.66. The highest BCUT2D eigenvalue weighted by atomic mass is 16.5. The molecule has 2 aromatic rings. The van der Waals surface area contributed by atoms with Gasteiger partial charge < -0.3 is 19.6 Å². The molecule has 0 saturated heterocycles. The number of nitrogens with one attached hydrogen (secondary N) is 1. The van der Waals surface area contributed by atoms with Crippen molar-refractivity contribution in [1.82, 2.24) is 0 Å². The zero-order valence-electron chi connectivity index (χ0n) is 12.2. The molecule has 1 aliphatic rings. The zero-order chi connectivity index (χ0) is 14.8. The first-order chi connectivity index (χ1) is 10.2. The van der Waals surface area contributed by atoms with Crippen molar-refractivity contribution in [2.24, 2.45) is 0 Å². The Morgan fingerprint density at radius 1 is 1.33 bits per heavy atom. The molecular weight excluding hydrogens is 266 g/mol. The summed E-state index contributed by atoms with van der Waals surface area (Å²) in [7, 11) is 1.79. The average Bonchev–Trinajstić information content (AvgIpc) is 2.85.